The van der Waals surface area contributed by atoms with Gasteiger partial charge in [-0.2, -0.15) is 0 Å². The molecule has 24 heavy (non-hydrogen) atoms. The van der Waals surface area contributed by atoms with Gasteiger partial charge in [0, 0.05) is 42.4 Å². The van der Waals surface area contributed by atoms with Crippen LogP contribution < -0.4 is 5.32 Å². The Labute approximate surface area is 136 Å². The van der Waals surface area contributed by atoms with E-state index in [1.165, 1.54) is 25.1 Å². The molecule has 2 aromatic rings. The lowest BCUT2D eigenvalue weighted by Gasteiger charge is -2.25. The molecule has 1 unspecified atom stereocenters. The van der Waals surface area contributed by atoms with E-state index in [1.54, 1.807) is 0 Å². The van der Waals surface area contributed by atoms with Crippen molar-refractivity contribution < 1.29 is 23.9 Å². The Kier molecular flexibility index (Phi) is 5.10. The molecule has 6 nitrogen and oxygen atoms in total. The molecular formula is C16H16F2N2O4. The van der Waals surface area contributed by atoms with Gasteiger partial charge in [0.25, 0.3) is 5.69 Å². The van der Waals surface area contributed by atoms with Crippen LogP contribution in [0.5, 0.6) is 5.75 Å². The summed E-state index contributed by atoms with van der Waals surface area (Å²) in [6.07, 6.45) is 0. The lowest BCUT2D eigenvalue weighted by Crippen LogP contribution is -2.36. The van der Waals surface area contributed by atoms with Crippen LogP contribution in [0.25, 0.3) is 0 Å². The highest BCUT2D eigenvalue weighted by molar-refractivity contribution is 5.43. The van der Waals surface area contributed by atoms with Gasteiger partial charge in [-0.15, -0.1) is 0 Å². The second-order valence-corrected chi connectivity index (χ2v) is 5.57. The zero-order chi connectivity index (χ0) is 17.9. The van der Waals surface area contributed by atoms with E-state index in [4.69, 9.17) is 0 Å². The standard InChI is InChI=1S/C16H16F2N2O4/c1-16(22,13-4-2-11(17)7-14(13)18)9-19-8-10-6-12(20(23)24)3-5-15(10)21/h2-7,19,21-22H,8-9H2,1H3. The highest BCUT2D eigenvalue weighted by Gasteiger charge is 2.26. The SMILES string of the molecule is CC(O)(CNCc1cc([N+](=O)[O-])ccc1O)c1ccc(F)cc1F. The number of rotatable bonds is 6. The fourth-order valence-corrected chi connectivity index (χ4v) is 2.29. The Balaban J connectivity index is 2.08. The van der Waals surface area contributed by atoms with Crippen LogP contribution in [-0.2, 0) is 12.1 Å². The third-order valence-electron chi connectivity index (χ3n) is 3.57. The lowest BCUT2D eigenvalue weighted by molar-refractivity contribution is -0.384. The lowest BCUT2D eigenvalue weighted by atomic mass is 9.95. The molecule has 3 N–H and O–H groups in total. The van der Waals surface area contributed by atoms with E-state index in [0.29, 0.717) is 6.07 Å². The number of hydrogen-bond acceptors (Lipinski definition) is 5. The van der Waals surface area contributed by atoms with Crippen LogP contribution in [0, 0.1) is 21.7 Å². The largest absolute Gasteiger partial charge is 0.508 e. The molecule has 128 valence electrons. The molecule has 2 aromatic carbocycles. The van der Waals surface area contributed by atoms with Gasteiger partial charge in [-0.1, -0.05) is 6.07 Å². The summed E-state index contributed by atoms with van der Waals surface area (Å²) in [7, 11) is 0. The van der Waals surface area contributed by atoms with E-state index in [9.17, 15) is 29.1 Å². The summed E-state index contributed by atoms with van der Waals surface area (Å²) in [5.41, 5.74) is -1.63. The molecule has 0 radical (unpaired) electrons. The van der Waals surface area contributed by atoms with Crippen molar-refractivity contribution in [2.75, 3.05) is 6.54 Å². The molecular weight excluding hydrogens is 322 g/mol. The second kappa shape index (κ2) is 6.90. The van der Waals surface area contributed by atoms with Gasteiger partial charge in [0.15, 0.2) is 0 Å². The smallest absolute Gasteiger partial charge is 0.270 e. The number of halogens is 2. The normalized spacial score (nSPS) is 13.5. The Hall–Kier alpha value is -2.58. The van der Waals surface area contributed by atoms with Crippen LogP contribution in [0.3, 0.4) is 0 Å². The molecule has 0 fully saturated rings. The predicted molar refractivity (Wildman–Crippen MR) is 82.4 cm³/mol. The van der Waals surface area contributed by atoms with Gasteiger partial charge in [-0.3, -0.25) is 10.1 Å². The summed E-state index contributed by atoms with van der Waals surface area (Å²) in [5.74, 6) is -1.76. The third kappa shape index (κ3) is 4.03. The van der Waals surface area contributed by atoms with Gasteiger partial charge in [-0.25, -0.2) is 8.78 Å². The molecule has 0 aromatic heterocycles. The van der Waals surface area contributed by atoms with Crippen molar-refractivity contribution in [2.45, 2.75) is 19.1 Å². The number of aliphatic hydroxyl groups is 1. The zero-order valence-electron chi connectivity index (χ0n) is 12.8. The van der Waals surface area contributed by atoms with Crippen molar-refractivity contribution in [2.24, 2.45) is 0 Å². The van der Waals surface area contributed by atoms with Gasteiger partial charge in [-0.05, 0) is 19.1 Å². The van der Waals surface area contributed by atoms with Crippen LogP contribution in [0.2, 0.25) is 0 Å². The number of phenols is 1. The molecule has 2 rings (SSSR count). The maximum Gasteiger partial charge on any atom is 0.270 e. The van der Waals surface area contributed by atoms with E-state index in [0.717, 1.165) is 12.1 Å². The second-order valence-electron chi connectivity index (χ2n) is 5.57. The van der Waals surface area contributed by atoms with Crippen molar-refractivity contribution in [3.05, 3.63) is 69.3 Å². The number of nitro benzene ring substituents is 1. The molecule has 0 aliphatic carbocycles. The van der Waals surface area contributed by atoms with Crippen LogP contribution in [0.4, 0.5) is 14.5 Å². The quantitative estimate of drug-likeness (QED) is 0.556. The number of aromatic hydroxyl groups is 1. The zero-order valence-corrected chi connectivity index (χ0v) is 12.8. The fraction of sp³-hybridized carbons (Fsp3) is 0.250. The molecule has 0 bridgehead atoms. The number of nitro groups is 1. The summed E-state index contributed by atoms with van der Waals surface area (Å²) >= 11 is 0. The Bertz CT molecular complexity index is 766. The fourth-order valence-electron chi connectivity index (χ4n) is 2.29. The maximum atomic E-state index is 13.8. The number of non-ortho nitro benzene ring substituents is 1. The predicted octanol–water partition coefficient (Wildman–Crippen LogP) is 2.58. The average Bonchev–Trinajstić information content (AvgIpc) is 2.48. The van der Waals surface area contributed by atoms with Crippen molar-refractivity contribution in [1.82, 2.24) is 5.32 Å². The minimum absolute atomic E-state index is 0.0203. The summed E-state index contributed by atoms with van der Waals surface area (Å²) in [5, 5.41) is 33.6. The number of benzene rings is 2. The summed E-state index contributed by atoms with van der Waals surface area (Å²) in [4.78, 5) is 10.1. The molecule has 8 heteroatoms. The molecule has 0 heterocycles. The van der Waals surface area contributed by atoms with E-state index in [2.05, 4.69) is 5.32 Å². The number of nitrogens with zero attached hydrogens (tertiary/aromatic N) is 1. The van der Waals surface area contributed by atoms with Gasteiger partial charge >= 0.3 is 0 Å². The molecule has 0 amide bonds. The topological polar surface area (TPSA) is 95.6 Å². The monoisotopic (exact) mass is 338 g/mol. The summed E-state index contributed by atoms with van der Waals surface area (Å²) in [6, 6.07) is 6.44. The minimum atomic E-state index is -1.63. The molecule has 0 saturated carbocycles. The van der Waals surface area contributed by atoms with Crippen LogP contribution >= 0.6 is 0 Å². The molecule has 1 atom stereocenters. The van der Waals surface area contributed by atoms with Crippen molar-refractivity contribution in [3.8, 4) is 5.75 Å². The number of phenolic OH excluding ortho intramolecular Hbond substituents is 1. The van der Waals surface area contributed by atoms with Gasteiger partial charge in [0.05, 0.1) is 4.92 Å². The number of hydrogen-bond donors (Lipinski definition) is 3. The average molecular weight is 338 g/mol. The molecule has 0 aliphatic heterocycles. The summed E-state index contributed by atoms with van der Waals surface area (Å²) in [6.45, 7) is 1.26. The summed E-state index contributed by atoms with van der Waals surface area (Å²) < 4.78 is 26.7. The third-order valence-corrected chi connectivity index (χ3v) is 3.57. The van der Waals surface area contributed by atoms with Gasteiger partial charge in [0.2, 0.25) is 0 Å². The van der Waals surface area contributed by atoms with Crippen LogP contribution in [0.1, 0.15) is 18.1 Å². The maximum absolute atomic E-state index is 13.8. The van der Waals surface area contributed by atoms with E-state index >= 15 is 0 Å². The van der Waals surface area contributed by atoms with Crippen molar-refractivity contribution >= 4 is 5.69 Å². The first kappa shape index (κ1) is 17.8. The molecule has 0 saturated heterocycles. The van der Waals surface area contributed by atoms with E-state index in [1.807, 2.05) is 0 Å². The Morgan fingerprint density at radius 2 is 1.96 bits per heavy atom. The van der Waals surface area contributed by atoms with Crippen molar-refractivity contribution in [1.29, 1.82) is 0 Å². The Morgan fingerprint density at radius 1 is 1.25 bits per heavy atom. The minimum Gasteiger partial charge on any atom is -0.508 e. The highest BCUT2D eigenvalue weighted by atomic mass is 19.1. The van der Waals surface area contributed by atoms with Crippen LogP contribution in [-0.4, -0.2) is 21.7 Å². The first-order chi connectivity index (χ1) is 11.2. The van der Waals surface area contributed by atoms with Crippen LogP contribution in [0.15, 0.2) is 36.4 Å². The van der Waals surface area contributed by atoms with Crippen molar-refractivity contribution in [3.63, 3.8) is 0 Å². The first-order valence-electron chi connectivity index (χ1n) is 7.05. The highest BCUT2D eigenvalue weighted by Crippen LogP contribution is 2.25. The van der Waals surface area contributed by atoms with E-state index in [-0.39, 0.29) is 35.7 Å². The molecule has 0 spiro atoms. The van der Waals surface area contributed by atoms with Gasteiger partial charge in [0.1, 0.15) is 23.0 Å². The van der Waals surface area contributed by atoms with E-state index < -0.39 is 22.2 Å². The number of nitrogens with one attached hydrogen (secondary N) is 1. The van der Waals surface area contributed by atoms with Gasteiger partial charge < -0.3 is 15.5 Å². The Morgan fingerprint density at radius 3 is 2.58 bits per heavy atom. The molecule has 0 aliphatic rings. The first-order valence-corrected chi connectivity index (χ1v) is 7.05.